The zero-order chi connectivity index (χ0) is 15.9. The molecule has 1 fully saturated rings. The van der Waals surface area contributed by atoms with Gasteiger partial charge in [-0.3, -0.25) is 0 Å². The third kappa shape index (κ3) is 2.13. The van der Waals surface area contributed by atoms with Gasteiger partial charge in [-0.1, -0.05) is 66.6 Å². The Balaban J connectivity index is 1.82. The molecule has 24 heavy (non-hydrogen) atoms. The number of fused-ring (bicyclic) bond motifs is 2. The Labute approximate surface area is 142 Å². The summed E-state index contributed by atoms with van der Waals surface area (Å²) in [6.45, 7) is 0. The Morgan fingerprint density at radius 2 is 1.58 bits per heavy atom. The lowest BCUT2D eigenvalue weighted by Crippen LogP contribution is -2.11. The highest BCUT2D eigenvalue weighted by Gasteiger charge is 2.17. The summed E-state index contributed by atoms with van der Waals surface area (Å²) >= 11 is 0. The van der Waals surface area contributed by atoms with Gasteiger partial charge in [-0.05, 0) is 75.8 Å². The fourth-order valence-electron chi connectivity index (χ4n) is 4.53. The van der Waals surface area contributed by atoms with Gasteiger partial charge < -0.3 is 0 Å². The highest BCUT2D eigenvalue weighted by atomic mass is 14.2. The molecule has 5 rings (SSSR count). The van der Waals surface area contributed by atoms with Crippen molar-refractivity contribution in [1.82, 2.24) is 0 Å². The van der Waals surface area contributed by atoms with Crippen LogP contribution in [0.25, 0.3) is 11.1 Å². The van der Waals surface area contributed by atoms with Crippen LogP contribution in [0.4, 0.5) is 0 Å². The zero-order valence-electron chi connectivity index (χ0n) is 14.0. The van der Waals surface area contributed by atoms with Gasteiger partial charge in [0, 0.05) is 0 Å². The molecule has 3 aliphatic rings. The van der Waals surface area contributed by atoms with Crippen molar-refractivity contribution in [2.75, 3.05) is 0 Å². The van der Waals surface area contributed by atoms with E-state index in [9.17, 15) is 0 Å². The van der Waals surface area contributed by atoms with Crippen LogP contribution in [0.15, 0.2) is 66.3 Å². The van der Waals surface area contributed by atoms with Crippen molar-refractivity contribution in [2.45, 2.75) is 38.5 Å². The van der Waals surface area contributed by atoms with Crippen LogP contribution in [0, 0.1) is 10.4 Å². The van der Waals surface area contributed by atoms with Crippen LogP contribution in [0.5, 0.6) is 0 Å². The fourth-order valence-corrected chi connectivity index (χ4v) is 4.53. The first kappa shape index (κ1) is 14.0. The Morgan fingerprint density at radius 3 is 2.38 bits per heavy atom. The number of hydrogen-bond acceptors (Lipinski definition) is 0. The molecule has 0 saturated heterocycles. The van der Waals surface area contributed by atoms with Crippen LogP contribution in [-0.2, 0) is 0 Å². The first-order chi connectivity index (χ1) is 11.9. The Morgan fingerprint density at radius 1 is 0.750 bits per heavy atom. The van der Waals surface area contributed by atoms with Crippen LogP contribution in [0.2, 0.25) is 0 Å². The highest BCUT2D eigenvalue weighted by Crippen LogP contribution is 2.30. The molecular formula is C24H22. The Kier molecular flexibility index (Phi) is 3.29. The van der Waals surface area contributed by atoms with E-state index in [1.54, 1.807) is 5.57 Å². The Hall–Kier alpha value is -2.34. The van der Waals surface area contributed by atoms with Gasteiger partial charge >= 0.3 is 0 Å². The summed E-state index contributed by atoms with van der Waals surface area (Å²) in [4.78, 5) is 0. The molecule has 118 valence electrons. The fraction of sp³-hybridized carbons (Fsp3) is 0.250. The summed E-state index contributed by atoms with van der Waals surface area (Å²) in [6.07, 6.45) is 14.5. The standard InChI is InChI=1S/C24H22/c1-2-8-17(9-3-1)19-14-15-21-20-12-6-7-13-22(20)24(23(21)16-19)18-10-4-5-11-18/h4-7,10,12-16H,1-3,8-9,11H2. The molecule has 0 heteroatoms. The van der Waals surface area contributed by atoms with Crippen LogP contribution in [0.1, 0.15) is 44.1 Å². The first-order valence-corrected chi connectivity index (χ1v) is 9.24. The zero-order valence-corrected chi connectivity index (χ0v) is 14.0. The van der Waals surface area contributed by atoms with Gasteiger partial charge in [-0.2, -0.15) is 0 Å². The maximum absolute atomic E-state index is 2.48. The van der Waals surface area contributed by atoms with E-state index >= 15 is 0 Å². The molecule has 0 N–H and O–H groups in total. The van der Waals surface area contributed by atoms with E-state index in [-0.39, 0.29) is 0 Å². The lowest BCUT2D eigenvalue weighted by molar-refractivity contribution is 0.643. The molecule has 2 aromatic rings. The molecule has 0 atom stereocenters. The van der Waals surface area contributed by atoms with E-state index in [1.807, 2.05) is 0 Å². The van der Waals surface area contributed by atoms with E-state index in [2.05, 4.69) is 60.7 Å². The normalized spacial score (nSPS) is 18.6. The predicted molar refractivity (Wildman–Crippen MR) is 101 cm³/mol. The van der Waals surface area contributed by atoms with Crippen molar-refractivity contribution in [3.63, 3.8) is 0 Å². The average Bonchev–Trinajstić information content (AvgIpc) is 3.27. The summed E-state index contributed by atoms with van der Waals surface area (Å²) in [5.74, 6) is 0. The summed E-state index contributed by atoms with van der Waals surface area (Å²) in [7, 11) is 0. The summed E-state index contributed by atoms with van der Waals surface area (Å²) < 4.78 is 0. The second kappa shape index (κ2) is 5.63. The smallest absolute Gasteiger partial charge is 0.00635 e. The SMILES string of the molecule is C1=CCC(C2=c3ccccc3=c3ccc(=C4CCCCC4)cc32)=C1. The monoisotopic (exact) mass is 310 g/mol. The minimum atomic E-state index is 1.06. The minimum Gasteiger partial charge on any atom is -0.0801 e. The van der Waals surface area contributed by atoms with Crippen molar-refractivity contribution in [3.8, 4) is 0 Å². The first-order valence-electron chi connectivity index (χ1n) is 9.24. The summed E-state index contributed by atoms with van der Waals surface area (Å²) in [5.41, 5.74) is 6.04. The van der Waals surface area contributed by atoms with Gasteiger partial charge in [0.15, 0.2) is 0 Å². The second-order valence-corrected chi connectivity index (χ2v) is 7.17. The highest BCUT2D eigenvalue weighted by molar-refractivity contribution is 5.82. The quantitative estimate of drug-likeness (QED) is 0.728. The maximum Gasteiger partial charge on any atom is -0.00635 e. The molecule has 0 aromatic heterocycles. The van der Waals surface area contributed by atoms with Crippen LogP contribution < -0.4 is 10.4 Å². The van der Waals surface area contributed by atoms with Crippen LogP contribution >= 0.6 is 0 Å². The average molecular weight is 310 g/mol. The maximum atomic E-state index is 2.48. The van der Waals surface area contributed by atoms with Crippen molar-refractivity contribution in [1.29, 1.82) is 0 Å². The molecule has 1 saturated carbocycles. The van der Waals surface area contributed by atoms with Gasteiger partial charge in [0.2, 0.25) is 0 Å². The van der Waals surface area contributed by atoms with Crippen LogP contribution in [0.3, 0.4) is 0 Å². The molecule has 0 spiro atoms. The van der Waals surface area contributed by atoms with Gasteiger partial charge in [0.05, 0.1) is 0 Å². The second-order valence-electron chi connectivity index (χ2n) is 7.17. The lowest BCUT2D eigenvalue weighted by atomic mass is 9.91. The van der Waals surface area contributed by atoms with Gasteiger partial charge in [0.25, 0.3) is 0 Å². The molecular weight excluding hydrogens is 288 g/mol. The van der Waals surface area contributed by atoms with Gasteiger partial charge in [-0.25, -0.2) is 0 Å². The number of benzene rings is 2. The van der Waals surface area contributed by atoms with E-state index in [4.69, 9.17) is 0 Å². The molecule has 0 radical (unpaired) electrons. The van der Waals surface area contributed by atoms with Crippen molar-refractivity contribution >= 4 is 11.1 Å². The van der Waals surface area contributed by atoms with Gasteiger partial charge in [0.1, 0.15) is 0 Å². The third-order valence-corrected chi connectivity index (χ3v) is 5.73. The third-order valence-electron chi connectivity index (χ3n) is 5.73. The largest absolute Gasteiger partial charge is 0.0801 e. The van der Waals surface area contributed by atoms with E-state index < -0.39 is 0 Å². The number of rotatable bonds is 1. The number of allylic oxidation sites excluding steroid dienone is 4. The summed E-state index contributed by atoms with van der Waals surface area (Å²) in [5, 5.41) is 5.70. The van der Waals surface area contributed by atoms with Crippen LogP contribution in [-0.4, -0.2) is 0 Å². The van der Waals surface area contributed by atoms with Crippen molar-refractivity contribution in [2.24, 2.45) is 0 Å². The molecule has 3 aliphatic carbocycles. The van der Waals surface area contributed by atoms with Gasteiger partial charge in [-0.15, -0.1) is 0 Å². The molecule has 0 amide bonds. The molecule has 0 heterocycles. The molecule has 0 aliphatic heterocycles. The lowest BCUT2D eigenvalue weighted by Gasteiger charge is -2.14. The van der Waals surface area contributed by atoms with Crippen molar-refractivity contribution < 1.29 is 0 Å². The Bertz CT molecular complexity index is 1090. The number of hydrogen-bond donors (Lipinski definition) is 0. The molecule has 2 aromatic carbocycles. The minimum absolute atomic E-state index is 1.06. The molecule has 0 bridgehead atoms. The van der Waals surface area contributed by atoms with E-state index in [1.165, 1.54) is 69.7 Å². The molecule has 0 nitrogen and oxygen atoms in total. The topological polar surface area (TPSA) is 0 Å². The summed E-state index contributed by atoms with van der Waals surface area (Å²) in [6, 6.07) is 16.1. The van der Waals surface area contributed by atoms with E-state index in [0.29, 0.717) is 0 Å². The van der Waals surface area contributed by atoms with Crippen molar-refractivity contribution in [3.05, 3.63) is 92.7 Å². The predicted octanol–water partition coefficient (Wildman–Crippen LogP) is 4.49. The van der Waals surface area contributed by atoms with E-state index in [0.717, 1.165) is 6.42 Å². The molecule has 0 unspecified atom stereocenters.